The molecule has 0 heterocycles. The van der Waals surface area contributed by atoms with Crippen LogP contribution in [0.2, 0.25) is 0 Å². The van der Waals surface area contributed by atoms with Crippen LogP contribution in [0.4, 0.5) is 4.39 Å². The molecule has 22 heavy (non-hydrogen) atoms. The first-order valence-corrected chi connectivity index (χ1v) is 8.29. The van der Waals surface area contributed by atoms with E-state index in [-0.39, 0.29) is 23.9 Å². The molecule has 0 radical (unpaired) electrons. The number of nitrogens with one attached hydrogen (secondary N) is 1. The van der Waals surface area contributed by atoms with Gasteiger partial charge in [0, 0.05) is 17.9 Å². The number of carbonyl (C=O) groups is 1. The molecular weight excluding hydrogens is 301 g/mol. The molecule has 3 nitrogen and oxygen atoms in total. The fourth-order valence-electron chi connectivity index (χ4n) is 2.15. The van der Waals surface area contributed by atoms with Crippen molar-refractivity contribution in [2.75, 3.05) is 6.26 Å². The van der Waals surface area contributed by atoms with Crippen LogP contribution in [0.25, 0.3) is 0 Å². The highest BCUT2D eigenvalue weighted by atomic mass is 32.2. The third-order valence-corrected chi connectivity index (χ3v) is 3.89. The molecular formula is C17H18FNO2S. The van der Waals surface area contributed by atoms with E-state index in [0.717, 1.165) is 11.1 Å². The molecule has 1 amide bonds. The predicted molar refractivity (Wildman–Crippen MR) is 87.3 cm³/mol. The summed E-state index contributed by atoms with van der Waals surface area (Å²) < 4.78 is 13.3. The Morgan fingerprint density at radius 2 is 1.95 bits per heavy atom. The maximum Gasteiger partial charge on any atom is 0.224 e. The molecule has 0 aliphatic carbocycles. The summed E-state index contributed by atoms with van der Waals surface area (Å²) in [5, 5.41) is 12.5. The Morgan fingerprint density at radius 3 is 2.68 bits per heavy atom. The fourth-order valence-corrected chi connectivity index (χ4v) is 2.73. The molecule has 0 saturated heterocycles. The van der Waals surface area contributed by atoms with Gasteiger partial charge >= 0.3 is 0 Å². The predicted octanol–water partition coefficient (Wildman–Crippen LogP) is 3.25. The van der Waals surface area contributed by atoms with Crippen molar-refractivity contribution in [2.24, 2.45) is 0 Å². The summed E-state index contributed by atoms with van der Waals surface area (Å²) in [6, 6.07) is 11.4. The lowest BCUT2D eigenvalue weighted by Crippen LogP contribution is -2.25. The van der Waals surface area contributed by atoms with Crippen LogP contribution in [0.5, 0.6) is 5.75 Å². The van der Waals surface area contributed by atoms with Gasteiger partial charge in [0.1, 0.15) is 11.6 Å². The third-order valence-electron chi connectivity index (χ3n) is 3.29. The molecule has 0 aliphatic rings. The fraction of sp³-hybridized carbons (Fsp3) is 0.235. The first kappa shape index (κ1) is 16.4. The summed E-state index contributed by atoms with van der Waals surface area (Å²) in [5.41, 5.74) is 2.38. The van der Waals surface area contributed by atoms with Gasteiger partial charge in [-0.2, -0.15) is 11.8 Å². The number of hydrogen-bond donors (Lipinski definition) is 2. The van der Waals surface area contributed by atoms with Crippen LogP contribution in [0.15, 0.2) is 42.5 Å². The zero-order valence-corrected chi connectivity index (χ0v) is 13.1. The Morgan fingerprint density at radius 1 is 1.18 bits per heavy atom. The van der Waals surface area contributed by atoms with Crippen LogP contribution in [-0.4, -0.2) is 17.3 Å². The van der Waals surface area contributed by atoms with Gasteiger partial charge in [-0.05, 0) is 35.6 Å². The molecule has 2 aromatic carbocycles. The molecule has 2 aromatic rings. The van der Waals surface area contributed by atoms with E-state index in [0.29, 0.717) is 17.9 Å². The minimum atomic E-state index is -0.270. The number of aromatic hydroxyl groups is 1. The molecule has 0 spiro atoms. The Kier molecular flexibility index (Phi) is 5.83. The highest BCUT2D eigenvalue weighted by Gasteiger charge is 2.09. The van der Waals surface area contributed by atoms with E-state index in [1.54, 1.807) is 42.1 Å². The van der Waals surface area contributed by atoms with Crippen LogP contribution in [0.3, 0.4) is 0 Å². The lowest BCUT2D eigenvalue weighted by atomic mass is 10.1. The average molecular weight is 319 g/mol. The van der Waals surface area contributed by atoms with E-state index in [1.165, 1.54) is 12.1 Å². The van der Waals surface area contributed by atoms with Gasteiger partial charge in [-0.15, -0.1) is 0 Å². The highest BCUT2D eigenvalue weighted by Crippen LogP contribution is 2.18. The normalized spacial score (nSPS) is 10.5. The second kappa shape index (κ2) is 7.84. The van der Waals surface area contributed by atoms with Gasteiger partial charge in [-0.25, -0.2) is 4.39 Å². The number of para-hydroxylation sites is 1. The van der Waals surface area contributed by atoms with Crippen molar-refractivity contribution >= 4 is 17.7 Å². The maximum absolute atomic E-state index is 13.3. The zero-order chi connectivity index (χ0) is 15.9. The number of halogens is 1. The number of rotatable bonds is 6. The van der Waals surface area contributed by atoms with Crippen molar-refractivity contribution in [2.45, 2.75) is 18.7 Å². The van der Waals surface area contributed by atoms with Crippen LogP contribution in [0, 0.1) is 5.82 Å². The van der Waals surface area contributed by atoms with Crippen LogP contribution in [-0.2, 0) is 23.5 Å². The zero-order valence-electron chi connectivity index (χ0n) is 12.3. The molecule has 0 saturated carbocycles. The van der Waals surface area contributed by atoms with Gasteiger partial charge in [0.25, 0.3) is 0 Å². The van der Waals surface area contributed by atoms with Crippen molar-refractivity contribution < 1.29 is 14.3 Å². The number of benzene rings is 2. The van der Waals surface area contributed by atoms with Crippen molar-refractivity contribution in [3.63, 3.8) is 0 Å². The van der Waals surface area contributed by atoms with Gasteiger partial charge in [0.2, 0.25) is 5.91 Å². The molecule has 2 rings (SSSR count). The monoisotopic (exact) mass is 319 g/mol. The summed E-state index contributed by atoms with van der Waals surface area (Å²) in [5.74, 6) is 0.361. The Bertz CT molecular complexity index is 661. The summed E-state index contributed by atoms with van der Waals surface area (Å²) in [6.45, 7) is 0.350. The van der Waals surface area contributed by atoms with Crippen LogP contribution >= 0.6 is 11.8 Å². The first-order chi connectivity index (χ1) is 10.6. The minimum absolute atomic E-state index is 0.113. The van der Waals surface area contributed by atoms with E-state index in [4.69, 9.17) is 0 Å². The average Bonchev–Trinajstić information content (AvgIpc) is 2.49. The summed E-state index contributed by atoms with van der Waals surface area (Å²) in [6.07, 6.45) is 2.07. The first-order valence-electron chi connectivity index (χ1n) is 6.90. The SMILES string of the molecule is CSCc1cc(F)ccc1CNC(=O)Cc1ccccc1O. The summed E-state index contributed by atoms with van der Waals surface area (Å²) in [7, 11) is 0. The van der Waals surface area contributed by atoms with E-state index in [2.05, 4.69) is 5.32 Å². The molecule has 0 aliphatic heterocycles. The van der Waals surface area contributed by atoms with Crippen molar-refractivity contribution in [3.05, 3.63) is 65.0 Å². The molecule has 116 valence electrons. The highest BCUT2D eigenvalue weighted by molar-refractivity contribution is 7.97. The lowest BCUT2D eigenvalue weighted by Gasteiger charge is -2.11. The van der Waals surface area contributed by atoms with Crippen molar-refractivity contribution in [1.29, 1.82) is 0 Å². The molecule has 5 heteroatoms. The number of phenols is 1. The Labute approximate surface area is 133 Å². The minimum Gasteiger partial charge on any atom is -0.508 e. The second-order valence-electron chi connectivity index (χ2n) is 4.93. The number of hydrogen-bond acceptors (Lipinski definition) is 3. The summed E-state index contributed by atoms with van der Waals surface area (Å²) in [4.78, 5) is 12.0. The molecule has 0 unspecified atom stereocenters. The molecule has 0 atom stereocenters. The van der Waals surface area contributed by atoms with Gasteiger partial charge in [0.15, 0.2) is 0 Å². The van der Waals surface area contributed by atoms with E-state index in [9.17, 15) is 14.3 Å². The molecule has 2 N–H and O–H groups in total. The second-order valence-corrected chi connectivity index (χ2v) is 5.79. The van der Waals surface area contributed by atoms with Crippen molar-refractivity contribution in [3.8, 4) is 5.75 Å². The number of carbonyl (C=O) groups excluding carboxylic acids is 1. The molecule has 0 bridgehead atoms. The molecule has 0 fully saturated rings. The number of amides is 1. The van der Waals surface area contributed by atoms with E-state index < -0.39 is 0 Å². The van der Waals surface area contributed by atoms with E-state index in [1.807, 2.05) is 6.26 Å². The maximum atomic E-state index is 13.3. The smallest absolute Gasteiger partial charge is 0.224 e. The Balaban J connectivity index is 1.98. The van der Waals surface area contributed by atoms with Gasteiger partial charge in [-0.1, -0.05) is 24.3 Å². The third kappa shape index (κ3) is 4.49. The van der Waals surface area contributed by atoms with Gasteiger partial charge in [-0.3, -0.25) is 4.79 Å². The molecule has 0 aromatic heterocycles. The largest absolute Gasteiger partial charge is 0.508 e. The lowest BCUT2D eigenvalue weighted by molar-refractivity contribution is -0.120. The van der Waals surface area contributed by atoms with E-state index >= 15 is 0 Å². The van der Waals surface area contributed by atoms with Crippen LogP contribution < -0.4 is 5.32 Å². The number of phenolic OH excluding ortho intramolecular Hbond substituents is 1. The quantitative estimate of drug-likeness (QED) is 0.859. The van der Waals surface area contributed by atoms with Crippen molar-refractivity contribution in [1.82, 2.24) is 5.32 Å². The van der Waals surface area contributed by atoms with Gasteiger partial charge < -0.3 is 10.4 Å². The van der Waals surface area contributed by atoms with Gasteiger partial charge in [0.05, 0.1) is 6.42 Å². The topological polar surface area (TPSA) is 49.3 Å². The number of thioether (sulfide) groups is 1. The Hall–Kier alpha value is -2.01. The summed E-state index contributed by atoms with van der Waals surface area (Å²) >= 11 is 1.60. The standard InChI is InChI=1S/C17H18FNO2S/c1-22-11-14-8-15(18)7-6-13(14)10-19-17(21)9-12-4-2-3-5-16(12)20/h2-8,20H,9-11H2,1H3,(H,19,21). The van der Waals surface area contributed by atoms with Crippen LogP contribution in [0.1, 0.15) is 16.7 Å².